The molecule has 3 heteroatoms. The van der Waals surface area contributed by atoms with Crippen LogP contribution in [0.25, 0.3) is 0 Å². The van der Waals surface area contributed by atoms with Crippen molar-refractivity contribution in [2.75, 3.05) is 11.9 Å². The van der Waals surface area contributed by atoms with Crippen molar-refractivity contribution in [3.8, 4) is 0 Å². The van der Waals surface area contributed by atoms with Gasteiger partial charge in [-0.15, -0.1) is 0 Å². The van der Waals surface area contributed by atoms with E-state index in [0.717, 1.165) is 17.5 Å². The van der Waals surface area contributed by atoms with E-state index < -0.39 is 0 Å². The molecule has 1 aliphatic carbocycles. The quantitative estimate of drug-likeness (QED) is 0.814. The molecule has 0 amide bonds. The molecule has 20 heavy (non-hydrogen) atoms. The van der Waals surface area contributed by atoms with Crippen molar-refractivity contribution in [2.24, 2.45) is 11.3 Å². The fourth-order valence-electron chi connectivity index (χ4n) is 2.70. The molecule has 0 bridgehead atoms. The van der Waals surface area contributed by atoms with Crippen LogP contribution in [0, 0.1) is 18.3 Å². The van der Waals surface area contributed by atoms with E-state index in [9.17, 15) is 0 Å². The zero-order valence-electron chi connectivity index (χ0n) is 13.2. The summed E-state index contributed by atoms with van der Waals surface area (Å²) >= 11 is 3.51. The van der Waals surface area contributed by atoms with Gasteiger partial charge in [0.2, 0.25) is 0 Å². The first-order valence-electron chi connectivity index (χ1n) is 7.45. The van der Waals surface area contributed by atoms with Crippen molar-refractivity contribution in [1.82, 2.24) is 0 Å². The summed E-state index contributed by atoms with van der Waals surface area (Å²) in [6.45, 7) is 12.0. The maximum absolute atomic E-state index is 6.02. The van der Waals surface area contributed by atoms with Crippen LogP contribution in [-0.2, 0) is 4.74 Å². The molecule has 1 N–H and O–H groups in total. The lowest BCUT2D eigenvalue weighted by Gasteiger charge is -2.52. The minimum Gasteiger partial charge on any atom is -0.381 e. The Morgan fingerprint density at radius 2 is 2.10 bits per heavy atom. The number of anilines is 1. The van der Waals surface area contributed by atoms with Crippen LogP contribution in [0.15, 0.2) is 22.7 Å². The maximum atomic E-state index is 6.02. The number of aryl methyl sites for hydroxylation is 1. The van der Waals surface area contributed by atoms with Gasteiger partial charge in [-0.2, -0.15) is 0 Å². The van der Waals surface area contributed by atoms with Crippen LogP contribution < -0.4 is 5.32 Å². The van der Waals surface area contributed by atoms with Crippen molar-refractivity contribution in [3.63, 3.8) is 0 Å². The predicted molar refractivity (Wildman–Crippen MR) is 89.3 cm³/mol. The molecule has 0 aromatic heterocycles. The smallest absolute Gasteiger partial charge is 0.0665 e. The Labute approximate surface area is 131 Å². The highest BCUT2D eigenvalue weighted by Gasteiger charge is 2.49. The molecule has 1 fully saturated rings. The zero-order chi connectivity index (χ0) is 14.9. The van der Waals surface area contributed by atoms with E-state index in [0.29, 0.717) is 18.1 Å². The van der Waals surface area contributed by atoms with Crippen LogP contribution in [0.3, 0.4) is 0 Å². The summed E-state index contributed by atoms with van der Waals surface area (Å²) in [4.78, 5) is 0. The second-order valence-electron chi connectivity index (χ2n) is 6.93. The molecule has 0 spiro atoms. The Kier molecular flexibility index (Phi) is 4.80. The maximum Gasteiger partial charge on any atom is 0.0665 e. The second-order valence-corrected chi connectivity index (χ2v) is 7.84. The average Bonchev–Trinajstić information content (AvgIpc) is 2.34. The highest BCUT2D eigenvalue weighted by molar-refractivity contribution is 9.10. The van der Waals surface area contributed by atoms with Gasteiger partial charge in [0.1, 0.15) is 0 Å². The molecule has 0 heterocycles. The molecule has 112 valence electrons. The summed E-state index contributed by atoms with van der Waals surface area (Å²) in [6, 6.07) is 6.88. The van der Waals surface area contributed by atoms with Gasteiger partial charge >= 0.3 is 0 Å². The normalized spacial score (nSPS) is 24.6. The molecule has 1 aliphatic rings. The summed E-state index contributed by atoms with van der Waals surface area (Å²) in [5.74, 6) is 0.603. The molecule has 2 atom stereocenters. The van der Waals surface area contributed by atoms with E-state index in [1.807, 2.05) is 0 Å². The van der Waals surface area contributed by atoms with Crippen LogP contribution in [0.2, 0.25) is 0 Å². The molecular formula is C17H26BrNO. The summed E-state index contributed by atoms with van der Waals surface area (Å²) < 4.78 is 7.16. The monoisotopic (exact) mass is 339 g/mol. The second kappa shape index (κ2) is 6.07. The molecule has 2 rings (SSSR count). The third-order valence-electron chi connectivity index (χ3n) is 4.33. The number of rotatable bonds is 5. The van der Waals surface area contributed by atoms with Gasteiger partial charge < -0.3 is 10.1 Å². The van der Waals surface area contributed by atoms with E-state index >= 15 is 0 Å². The minimum atomic E-state index is 0.189. The fourth-order valence-corrected chi connectivity index (χ4v) is 3.17. The first-order valence-corrected chi connectivity index (χ1v) is 8.24. The van der Waals surface area contributed by atoms with Crippen LogP contribution >= 0.6 is 15.9 Å². The van der Waals surface area contributed by atoms with Gasteiger partial charge in [-0.05, 0) is 43.0 Å². The minimum absolute atomic E-state index is 0.189. The van der Waals surface area contributed by atoms with E-state index in [2.05, 4.69) is 74.1 Å². The molecule has 0 aliphatic heterocycles. The van der Waals surface area contributed by atoms with Gasteiger partial charge in [0.15, 0.2) is 0 Å². The van der Waals surface area contributed by atoms with Gasteiger partial charge in [0.25, 0.3) is 0 Å². The molecule has 2 nitrogen and oxygen atoms in total. The van der Waals surface area contributed by atoms with Crippen LogP contribution in [0.4, 0.5) is 5.69 Å². The van der Waals surface area contributed by atoms with Gasteiger partial charge in [-0.25, -0.2) is 0 Å². The number of nitrogens with one attached hydrogen (secondary N) is 1. The lowest BCUT2D eigenvalue weighted by molar-refractivity contribution is -0.108. The topological polar surface area (TPSA) is 21.3 Å². The van der Waals surface area contributed by atoms with Crippen LogP contribution in [0.5, 0.6) is 0 Å². The molecule has 2 unspecified atom stereocenters. The molecule has 1 aromatic rings. The van der Waals surface area contributed by atoms with Crippen LogP contribution in [-0.4, -0.2) is 18.8 Å². The summed E-state index contributed by atoms with van der Waals surface area (Å²) in [7, 11) is 0. The van der Waals surface area contributed by atoms with E-state index in [-0.39, 0.29) is 5.41 Å². The van der Waals surface area contributed by atoms with Crippen LogP contribution in [0.1, 0.15) is 39.7 Å². The molecule has 0 saturated heterocycles. The van der Waals surface area contributed by atoms with E-state index in [4.69, 9.17) is 4.74 Å². The van der Waals surface area contributed by atoms with Crippen molar-refractivity contribution in [1.29, 1.82) is 0 Å². The van der Waals surface area contributed by atoms with Gasteiger partial charge in [0.05, 0.1) is 6.10 Å². The number of hydrogen-bond donors (Lipinski definition) is 1. The number of ether oxygens (including phenoxy) is 1. The standard InChI is InChI=1S/C17H26BrNO/c1-11(2)10-20-16-9-15(17(16,4)5)19-14-7-6-13(18)8-12(14)3/h6-8,11,15-16,19H,9-10H2,1-5H3. The predicted octanol–water partition coefficient (Wildman–Crippen LogP) is 5.01. The number of halogens is 1. The SMILES string of the molecule is Cc1cc(Br)ccc1NC1CC(OCC(C)C)C1(C)C. The third-order valence-corrected chi connectivity index (χ3v) is 4.82. The van der Waals surface area contributed by atoms with Gasteiger partial charge in [0, 0.05) is 28.2 Å². The Bertz CT molecular complexity index is 470. The van der Waals surface area contributed by atoms with Crippen molar-refractivity contribution < 1.29 is 4.74 Å². The molecule has 1 aromatic carbocycles. The Morgan fingerprint density at radius 3 is 2.65 bits per heavy atom. The third kappa shape index (κ3) is 3.37. The van der Waals surface area contributed by atoms with Crippen molar-refractivity contribution >= 4 is 21.6 Å². The first-order chi connectivity index (χ1) is 9.30. The zero-order valence-corrected chi connectivity index (χ0v) is 14.8. The number of benzene rings is 1. The van der Waals surface area contributed by atoms with E-state index in [1.54, 1.807) is 0 Å². The average molecular weight is 340 g/mol. The van der Waals surface area contributed by atoms with Gasteiger partial charge in [-0.3, -0.25) is 0 Å². The molecule has 1 saturated carbocycles. The highest BCUT2D eigenvalue weighted by atomic mass is 79.9. The lowest BCUT2D eigenvalue weighted by Crippen LogP contribution is -2.58. The van der Waals surface area contributed by atoms with Crippen molar-refractivity contribution in [3.05, 3.63) is 28.2 Å². The lowest BCUT2D eigenvalue weighted by atomic mass is 9.64. The summed E-state index contributed by atoms with van der Waals surface area (Å²) in [5, 5.41) is 3.68. The van der Waals surface area contributed by atoms with E-state index in [1.165, 1.54) is 11.3 Å². The first kappa shape index (κ1) is 15.8. The van der Waals surface area contributed by atoms with Gasteiger partial charge in [-0.1, -0.05) is 43.6 Å². The molecule has 0 radical (unpaired) electrons. The van der Waals surface area contributed by atoms with Crippen molar-refractivity contribution in [2.45, 2.75) is 53.2 Å². The summed E-state index contributed by atoms with van der Waals surface area (Å²) in [6.07, 6.45) is 1.47. The highest BCUT2D eigenvalue weighted by Crippen LogP contribution is 2.44. The molecular weight excluding hydrogens is 314 g/mol. The Hall–Kier alpha value is -0.540. The Morgan fingerprint density at radius 1 is 1.40 bits per heavy atom. The Balaban J connectivity index is 1.95. The fraction of sp³-hybridized carbons (Fsp3) is 0.647. The largest absolute Gasteiger partial charge is 0.381 e. The summed E-state index contributed by atoms with van der Waals surface area (Å²) in [5.41, 5.74) is 2.70. The number of hydrogen-bond acceptors (Lipinski definition) is 2.